The van der Waals surface area contributed by atoms with Crippen molar-refractivity contribution < 1.29 is 4.42 Å². The number of nitrogens with one attached hydrogen (secondary N) is 1. The van der Waals surface area contributed by atoms with E-state index >= 15 is 0 Å². The maximum Gasteiger partial charge on any atom is 0.193 e. The van der Waals surface area contributed by atoms with E-state index in [0.29, 0.717) is 11.1 Å². The Bertz CT molecular complexity index is 270. The molecule has 1 rings (SSSR count). The van der Waals surface area contributed by atoms with Crippen molar-refractivity contribution >= 4 is 11.6 Å². The molecular weight excluding hydrogens is 198 g/mol. The zero-order valence-electron chi connectivity index (χ0n) is 9.01. The Balaban J connectivity index is 2.67. The number of rotatable bonds is 5. The lowest BCUT2D eigenvalue weighted by Gasteiger charge is -2.19. The third-order valence-corrected chi connectivity index (χ3v) is 2.38. The van der Waals surface area contributed by atoms with E-state index in [9.17, 15) is 0 Å². The highest BCUT2D eigenvalue weighted by Crippen LogP contribution is 2.25. The molecule has 0 saturated heterocycles. The maximum atomic E-state index is 5.75. The summed E-state index contributed by atoms with van der Waals surface area (Å²) >= 11 is 5.75. The molecule has 0 aliphatic carbocycles. The van der Waals surface area contributed by atoms with Gasteiger partial charge < -0.3 is 9.73 Å². The molecule has 0 aliphatic rings. The SMILES string of the molecule is CCCNC(c1ccc(Cl)o1)C(C)C. The van der Waals surface area contributed by atoms with E-state index in [-0.39, 0.29) is 6.04 Å². The average molecular weight is 216 g/mol. The summed E-state index contributed by atoms with van der Waals surface area (Å²) in [6, 6.07) is 4.00. The lowest BCUT2D eigenvalue weighted by atomic mass is 10.0. The molecule has 0 spiro atoms. The lowest BCUT2D eigenvalue weighted by Crippen LogP contribution is -2.25. The first kappa shape index (κ1) is 11.6. The van der Waals surface area contributed by atoms with Gasteiger partial charge in [-0.05, 0) is 42.6 Å². The largest absolute Gasteiger partial charge is 0.448 e. The summed E-state index contributed by atoms with van der Waals surface area (Å²) in [6.45, 7) is 7.49. The van der Waals surface area contributed by atoms with Gasteiger partial charge in [0.1, 0.15) is 5.76 Å². The van der Waals surface area contributed by atoms with Crippen LogP contribution in [0.15, 0.2) is 16.5 Å². The van der Waals surface area contributed by atoms with Crippen molar-refractivity contribution in [2.45, 2.75) is 33.2 Å². The Morgan fingerprint density at radius 2 is 2.14 bits per heavy atom. The third kappa shape index (κ3) is 3.03. The van der Waals surface area contributed by atoms with Gasteiger partial charge in [-0.15, -0.1) is 0 Å². The van der Waals surface area contributed by atoms with E-state index in [0.717, 1.165) is 18.7 Å². The molecular formula is C11H18ClNO. The molecule has 1 atom stereocenters. The summed E-state index contributed by atoms with van der Waals surface area (Å²) in [5, 5.41) is 3.91. The molecule has 2 nitrogen and oxygen atoms in total. The molecule has 0 saturated carbocycles. The molecule has 1 N–H and O–H groups in total. The first-order valence-electron chi connectivity index (χ1n) is 5.13. The van der Waals surface area contributed by atoms with Crippen molar-refractivity contribution in [3.05, 3.63) is 23.1 Å². The first-order chi connectivity index (χ1) is 6.65. The predicted octanol–water partition coefficient (Wildman–Crippen LogP) is 3.63. The highest BCUT2D eigenvalue weighted by molar-refractivity contribution is 6.28. The van der Waals surface area contributed by atoms with Crippen molar-refractivity contribution in [2.75, 3.05) is 6.54 Å². The van der Waals surface area contributed by atoms with E-state index in [4.69, 9.17) is 16.0 Å². The molecule has 0 fully saturated rings. The van der Waals surface area contributed by atoms with Gasteiger partial charge in [0, 0.05) is 0 Å². The van der Waals surface area contributed by atoms with Crippen LogP contribution < -0.4 is 5.32 Å². The lowest BCUT2D eigenvalue weighted by molar-refractivity contribution is 0.343. The number of hydrogen-bond acceptors (Lipinski definition) is 2. The Morgan fingerprint density at radius 1 is 1.43 bits per heavy atom. The van der Waals surface area contributed by atoms with Gasteiger partial charge in [0.25, 0.3) is 0 Å². The Kier molecular flexibility index (Phi) is 4.49. The fourth-order valence-corrected chi connectivity index (χ4v) is 1.61. The van der Waals surface area contributed by atoms with E-state index in [1.54, 1.807) is 6.07 Å². The molecule has 0 aliphatic heterocycles. The highest BCUT2D eigenvalue weighted by Gasteiger charge is 2.17. The number of halogens is 1. The first-order valence-corrected chi connectivity index (χ1v) is 5.51. The molecule has 3 heteroatoms. The molecule has 0 bridgehead atoms. The molecule has 1 unspecified atom stereocenters. The quantitative estimate of drug-likeness (QED) is 0.812. The molecule has 80 valence electrons. The molecule has 0 aromatic carbocycles. The van der Waals surface area contributed by atoms with E-state index in [2.05, 4.69) is 26.1 Å². The monoisotopic (exact) mass is 215 g/mol. The minimum absolute atomic E-state index is 0.266. The summed E-state index contributed by atoms with van der Waals surface area (Å²) < 4.78 is 5.41. The van der Waals surface area contributed by atoms with Crippen LogP contribution in [0.2, 0.25) is 5.22 Å². The molecule has 0 amide bonds. The summed E-state index contributed by atoms with van der Waals surface area (Å²) in [5.74, 6) is 1.43. The van der Waals surface area contributed by atoms with Gasteiger partial charge in [-0.25, -0.2) is 0 Å². The van der Waals surface area contributed by atoms with Crippen molar-refractivity contribution in [2.24, 2.45) is 5.92 Å². The third-order valence-electron chi connectivity index (χ3n) is 2.18. The van der Waals surface area contributed by atoms with E-state index < -0.39 is 0 Å². The molecule has 1 aromatic rings. The standard InChI is InChI=1S/C11H18ClNO/c1-4-7-13-11(8(2)3)9-5-6-10(12)14-9/h5-6,8,11,13H,4,7H2,1-3H3. The van der Waals surface area contributed by atoms with Crippen LogP contribution in [0.5, 0.6) is 0 Å². The molecule has 1 aromatic heterocycles. The zero-order valence-corrected chi connectivity index (χ0v) is 9.77. The molecule has 1 heterocycles. The second-order valence-electron chi connectivity index (χ2n) is 3.82. The Morgan fingerprint density at radius 3 is 2.57 bits per heavy atom. The van der Waals surface area contributed by atoms with Crippen molar-refractivity contribution in [1.29, 1.82) is 0 Å². The second-order valence-corrected chi connectivity index (χ2v) is 4.19. The zero-order chi connectivity index (χ0) is 10.6. The number of hydrogen-bond donors (Lipinski definition) is 1. The van der Waals surface area contributed by atoms with E-state index in [1.165, 1.54) is 0 Å². The summed E-state index contributed by atoms with van der Waals surface area (Å²) in [7, 11) is 0. The normalized spacial score (nSPS) is 13.5. The van der Waals surface area contributed by atoms with Crippen LogP contribution in [0.4, 0.5) is 0 Å². The van der Waals surface area contributed by atoms with Crippen LogP contribution in [0.25, 0.3) is 0 Å². The highest BCUT2D eigenvalue weighted by atomic mass is 35.5. The fraction of sp³-hybridized carbons (Fsp3) is 0.636. The van der Waals surface area contributed by atoms with Gasteiger partial charge in [0.05, 0.1) is 6.04 Å². The summed E-state index contributed by atoms with van der Waals surface area (Å²) in [4.78, 5) is 0. The van der Waals surface area contributed by atoms with Gasteiger partial charge >= 0.3 is 0 Å². The molecule has 0 radical (unpaired) electrons. The number of furan rings is 1. The Hall–Kier alpha value is -0.470. The minimum Gasteiger partial charge on any atom is -0.448 e. The van der Waals surface area contributed by atoms with Crippen molar-refractivity contribution in [3.63, 3.8) is 0 Å². The topological polar surface area (TPSA) is 25.2 Å². The maximum absolute atomic E-state index is 5.75. The van der Waals surface area contributed by atoms with Gasteiger partial charge in [-0.2, -0.15) is 0 Å². The minimum atomic E-state index is 0.266. The predicted molar refractivity (Wildman–Crippen MR) is 59.6 cm³/mol. The van der Waals surface area contributed by atoms with Crippen LogP contribution in [0.3, 0.4) is 0 Å². The van der Waals surface area contributed by atoms with Crippen LogP contribution in [0, 0.1) is 5.92 Å². The van der Waals surface area contributed by atoms with Gasteiger partial charge in [0.15, 0.2) is 5.22 Å². The van der Waals surface area contributed by atoms with Crippen LogP contribution in [-0.4, -0.2) is 6.54 Å². The second kappa shape index (κ2) is 5.42. The average Bonchev–Trinajstić information content (AvgIpc) is 2.52. The van der Waals surface area contributed by atoms with Crippen molar-refractivity contribution in [3.8, 4) is 0 Å². The van der Waals surface area contributed by atoms with Crippen LogP contribution >= 0.6 is 11.6 Å². The van der Waals surface area contributed by atoms with Gasteiger partial charge in [-0.3, -0.25) is 0 Å². The molecule has 14 heavy (non-hydrogen) atoms. The smallest absolute Gasteiger partial charge is 0.193 e. The van der Waals surface area contributed by atoms with Gasteiger partial charge in [0.2, 0.25) is 0 Å². The van der Waals surface area contributed by atoms with Crippen LogP contribution in [-0.2, 0) is 0 Å². The van der Waals surface area contributed by atoms with Crippen LogP contribution in [0.1, 0.15) is 39.0 Å². The summed E-state index contributed by atoms with van der Waals surface area (Å²) in [5.41, 5.74) is 0. The Labute approximate surface area is 90.6 Å². The fourth-order valence-electron chi connectivity index (χ4n) is 1.46. The van der Waals surface area contributed by atoms with Crippen molar-refractivity contribution in [1.82, 2.24) is 5.32 Å². The van der Waals surface area contributed by atoms with Gasteiger partial charge in [-0.1, -0.05) is 20.8 Å². The summed E-state index contributed by atoms with van der Waals surface area (Å²) in [6.07, 6.45) is 1.12. The van der Waals surface area contributed by atoms with E-state index in [1.807, 2.05) is 6.07 Å².